The summed E-state index contributed by atoms with van der Waals surface area (Å²) in [6.45, 7) is 3.31. The van der Waals surface area contributed by atoms with E-state index in [1.54, 1.807) is 13.8 Å². The Balaban J connectivity index is 2.58. The minimum absolute atomic E-state index is 0.00362. The van der Waals surface area contributed by atoms with E-state index >= 15 is 0 Å². The fourth-order valence-electron chi connectivity index (χ4n) is 2.55. The molecule has 1 amide bonds. The molecule has 1 aromatic carbocycles. The average Bonchev–Trinajstić information content (AvgIpc) is 3.04. The van der Waals surface area contributed by atoms with Crippen LogP contribution >= 0.6 is 23.2 Å². The molecule has 1 aromatic heterocycles. The Morgan fingerprint density at radius 1 is 1.22 bits per heavy atom. The topological polar surface area (TPSA) is 70.7 Å². The molecule has 0 aliphatic rings. The molecule has 0 spiro atoms. The molecule has 144 valence electrons. The second kappa shape index (κ2) is 7.79. The van der Waals surface area contributed by atoms with E-state index in [4.69, 9.17) is 23.2 Å². The van der Waals surface area contributed by atoms with Gasteiger partial charge in [0.2, 0.25) is 0 Å². The van der Waals surface area contributed by atoms with Crippen molar-refractivity contribution in [3.8, 4) is 11.8 Å². The molecule has 0 radical (unpaired) electrons. The molecule has 0 atom stereocenters. The van der Waals surface area contributed by atoms with E-state index in [0.717, 1.165) is 6.33 Å². The molecule has 0 unspecified atom stereocenters. The first-order chi connectivity index (χ1) is 12.6. The van der Waals surface area contributed by atoms with Crippen molar-refractivity contribution in [2.24, 2.45) is 0 Å². The summed E-state index contributed by atoms with van der Waals surface area (Å²) in [5.41, 5.74) is -3.38. The highest BCUT2D eigenvalue weighted by atomic mass is 35.5. The lowest BCUT2D eigenvalue weighted by molar-refractivity contribution is -0.142. The van der Waals surface area contributed by atoms with Gasteiger partial charge in [-0.1, -0.05) is 37.0 Å². The monoisotopic (exact) mass is 418 g/mol. The van der Waals surface area contributed by atoms with Gasteiger partial charge in [0.1, 0.15) is 11.9 Å². The van der Waals surface area contributed by atoms with Crippen molar-refractivity contribution in [1.29, 1.82) is 5.26 Å². The highest BCUT2D eigenvalue weighted by Gasteiger charge is 2.42. The molecule has 10 heteroatoms. The first kappa shape index (κ1) is 21.1. The minimum atomic E-state index is -4.88. The number of carbonyl (C=O) groups is 1. The fraction of sp³-hybridized carbons (Fsp3) is 0.353. The number of carbonyl (C=O) groups excluding carboxylic acids is 1. The van der Waals surface area contributed by atoms with Crippen LogP contribution in [-0.2, 0) is 6.18 Å². The Labute approximate surface area is 163 Å². The van der Waals surface area contributed by atoms with Gasteiger partial charge in [-0.05, 0) is 31.0 Å². The predicted molar refractivity (Wildman–Crippen MR) is 95.0 cm³/mol. The van der Waals surface area contributed by atoms with Crippen molar-refractivity contribution in [2.75, 3.05) is 0 Å². The largest absolute Gasteiger partial charge is 0.434 e. The van der Waals surface area contributed by atoms with Gasteiger partial charge in [-0.2, -0.15) is 18.4 Å². The second-order valence-corrected chi connectivity index (χ2v) is 6.67. The van der Waals surface area contributed by atoms with Crippen LogP contribution in [0.5, 0.6) is 0 Å². The lowest BCUT2D eigenvalue weighted by Crippen LogP contribution is -2.47. The summed E-state index contributed by atoms with van der Waals surface area (Å²) in [6.07, 6.45) is -3.55. The summed E-state index contributed by atoms with van der Waals surface area (Å²) in [5.74, 6) is -1.08. The van der Waals surface area contributed by atoms with E-state index in [9.17, 15) is 23.2 Å². The standard InChI is InChI=1S/C17H15Cl2F3N4O/c1-3-16(4-2,8-23)25-15(27)13-14(17(20,21)22)26(9-24-13)12-6-10(18)5-11(19)7-12/h5-7,9H,3-4H2,1-2H3,(H,25,27). The smallest absolute Gasteiger partial charge is 0.332 e. The van der Waals surface area contributed by atoms with Crippen molar-refractivity contribution in [1.82, 2.24) is 14.9 Å². The van der Waals surface area contributed by atoms with Crippen LogP contribution in [0.1, 0.15) is 42.9 Å². The van der Waals surface area contributed by atoms with Gasteiger partial charge in [-0.3, -0.25) is 9.36 Å². The minimum Gasteiger partial charge on any atom is -0.332 e. The number of nitrogens with one attached hydrogen (secondary N) is 1. The summed E-state index contributed by atoms with van der Waals surface area (Å²) in [5, 5.41) is 11.9. The number of imidazole rings is 1. The molecule has 0 aliphatic heterocycles. The third kappa shape index (κ3) is 4.37. The summed E-state index contributed by atoms with van der Waals surface area (Å²) in [6, 6.07) is 5.85. The SMILES string of the molecule is CCC(C#N)(CC)NC(=O)c1ncn(-c2cc(Cl)cc(Cl)c2)c1C(F)(F)F. The number of rotatable bonds is 5. The molecule has 2 aromatic rings. The number of hydrogen-bond donors (Lipinski definition) is 1. The lowest BCUT2D eigenvalue weighted by Gasteiger charge is -2.24. The Bertz CT molecular complexity index is 878. The van der Waals surface area contributed by atoms with Gasteiger partial charge in [0.25, 0.3) is 5.91 Å². The van der Waals surface area contributed by atoms with Crippen LogP contribution in [0.25, 0.3) is 5.69 Å². The molecular weight excluding hydrogens is 404 g/mol. The Morgan fingerprint density at radius 3 is 2.22 bits per heavy atom. The van der Waals surface area contributed by atoms with Crippen LogP contribution in [0.2, 0.25) is 10.0 Å². The zero-order valence-corrected chi connectivity index (χ0v) is 15.9. The van der Waals surface area contributed by atoms with E-state index in [2.05, 4.69) is 10.3 Å². The normalized spacial score (nSPS) is 11.9. The van der Waals surface area contributed by atoms with Gasteiger partial charge >= 0.3 is 6.18 Å². The fourth-order valence-corrected chi connectivity index (χ4v) is 3.06. The molecule has 27 heavy (non-hydrogen) atoms. The van der Waals surface area contributed by atoms with Crippen LogP contribution in [0.4, 0.5) is 13.2 Å². The van der Waals surface area contributed by atoms with Crippen LogP contribution < -0.4 is 5.32 Å². The van der Waals surface area contributed by atoms with Gasteiger partial charge in [0, 0.05) is 10.0 Å². The summed E-state index contributed by atoms with van der Waals surface area (Å²) in [4.78, 5) is 16.1. The maximum Gasteiger partial charge on any atom is 0.434 e. The number of amides is 1. The Kier molecular flexibility index (Phi) is 6.07. The average molecular weight is 419 g/mol. The van der Waals surface area contributed by atoms with E-state index in [1.165, 1.54) is 18.2 Å². The zero-order valence-electron chi connectivity index (χ0n) is 14.4. The van der Waals surface area contributed by atoms with Gasteiger partial charge < -0.3 is 5.32 Å². The maximum absolute atomic E-state index is 13.7. The van der Waals surface area contributed by atoms with Crippen LogP contribution in [-0.4, -0.2) is 21.0 Å². The van der Waals surface area contributed by atoms with E-state index in [-0.39, 0.29) is 28.6 Å². The zero-order chi connectivity index (χ0) is 20.4. The lowest BCUT2D eigenvalue weighted by atomic mass is 9.94. The molecule has 0 fully saturated rings. The van der Waals surface area contributed by atoms with Crippen molar-refractivity contribution in [3.63, 3.8) is 0 Å². The number of halogens is 5. The maximum atomic E-state index is 13.7. The predicted octanol–water partition coefficient (Wildman–Crippen LogP) is 5.01. The molecule has 0 bridgehead atoms. The molecule has 0 aliphatic carbocycles. The van der Waals surface area contributed by atoms with Gasteiger partial charge in [0.15, 0.2) is 11.4 Å². The number of aromatic nitrogens is 2. The third-order valence-electron chi connectivity index (χ3n) is 4.15. The molecule has 1 heterocycles. The van der Waals surface area contributed by atoms with Crippen molar-refractivity contribution < 1.29 is 18.0 Å². The number of hydrogen-bond acceptors (Lipinski definition) is 3. The van der Waals surface area contributed by atoms with Crippen molar-refractivity contribution in [3.05, 3.63) is 46.0 Å². The molecule has 0 saturated carbocycles. The first-order valence-corrected chi connectivity index (χ1v) is 8.67. The van der Waals surface area contributed by atoms with Gasteiger partial charge in [0.05, 0.1) is 11.8 Å². The molecular formula is C17H15Cl2F3N4O. The molecule has 0 saturated heterocycles. The van der Waals surface area contributed by atoms with E-state index < -0.39 is 29.0 Å². The Morgan fingerprint density at radius 2 is 1.78 bits per heavy atom. The highest BCUT2D eigenvalue weighted by Crippen LogP contribution is 2.35. The van der Waals surface area contributed by atoms with Crippen LogP contribution in [0.3, 0.4) is 0 Å². The van der Waals surface area contributed by atoms with Crippen molar-refractivity contribution in [2.45, 2.75) is 38.4 Å². The Hall–Kier alpha value is -2.24. The van der Waals surface area contributed by atoms with Crippen molar-refractivity contribution >= 4 is 29.1 Å². The number of alkyl halides is 3. The first-order valence-electron chi connectivity index (χ1n) is 7.91. The molecule has 2 rings (SSSR count). The number of nitriles is 1. The van der Waals surface area contributed by atoms with Crippen LogP contribution in [0.15, 0.2) is 24.5 Å². The summed E-state index contributed by atoms with van der Waals surface area (Å²) < 4.78 is 41.8. The highest BCUT2D eigenvalue weighted by molar-refractivity contribution is 6.34. The van der Waals surface area contributed by atoms with E-state index in [1.807, 2.05) is 6.07 Å². The quantitative estimate of drug-likeness (QED) is 0.741. The van der Waals surface area contributed by atoms with Gasteiger partial charge in [-0.25, -0.2) is 4.98 Å². The second-order valence-electron chi connectivity index (χ2n) is 5.79. The number of benzene rings is 1. The molecule has 5 nitrogen and oxygen atoms in total. The van der Waals surface area contributed by atoms with Crippen LogP contribution in [0, 0.1) is 11.3 Å². The van der Waals surface area contributed by atoms with Gasteiger partial charge in [-0.15, -0.1) is 0 Å². The summed E-state index contributed by atoms with van der Waals surface area (Å²) >= 11 is 11.7. The van der Waals surface area contributed by atoms with E-state index in [0.29, 0.717) is 4.57 Å². The third-order valence-corrected chi connectivity index (χ3v) is 4.59. The molecule has 1 N–H and O–H groups in total. The number of nitrogens with zero attached hydrogens (tertiary/aromatic N) is 3. The summed E-state index contributed by atoms with van der Waals surface area (Å²) in [7, 11) is 0.